The van der Waals surface area contributed by atoms with Crippen LogP contribution in [0.3, 0.4) is 0 Å². The summed E-state index contributed by atoms with van der Waals surface area (Å²) in [6.07, 6.45) is 10.5. The lowest BCUT2D eigenvalue weighted by atomic mass is 9.77. The molecule has 0 amide bonds. The summed E-state index contributed by atoms with van der Waals surface area (Å²) in [4.78, 5) is 0. The van der Waals surface area contributed by atoms with E-state index in [9.17, 15) is 0 Å². The molecular weight excluding hydrogens is 232 g/mol. The summed E-state index contributed by atoms with van der Waals surface area (Å²) in [6, 6.07) is 9.21. The fourth-order valence-electron chi connectivity index (χ4n) is 3.02. The number of hydrogen-bond donors (Lipinski definition) is 2. The predicted molar refractivity (Wildman–Crippen MR) is 81.9 cm³/mol. The van der Waals surface area contributed by atoms with Crippen LogP contribution in [0.5, 0.6) is 0 Å². The first-order valence-electron chi connectivity index (χ1n) is 7.91. The van der Waals surface area contributed by atoms with Gasteiger partial charge in [0.15, 0.2) is 0 Å². The zero-order valence-corrected chi connectivity index (χ0v) is 12.2. The van der Waals surface area contributed by atoms with Crippen LogP contribution in [-0.4, -0.2) is 0 Å². The van der Waals surface area contributed by atoms with Crippen molar-refractivity contribution in [3.05, 3.63) is 35.4 Å². The van der Waals surface area contributed by atoms with Crippen LogP contribution in [0.2, 0.25) is 0 Å². The average molecular weight is 260 g/mol. The number of rotatable bonds is 8. The van der Waals surface area contributed by atoms with E-state index in [1.165, 1.54) is 56.1 Å². The van der Waals surface area contributed by atoms with Crippen LogP contribution in [0.15, 0.2) is 24.3 Å². The third-order valence-corrected chi connectivity index (χ3v) is 4.46. The van der Waals surface area contributed by atoms with E-state index in [0.29, 0.717) is 6.04 Å². The molecule has 2 rings (SSSR count). The van der Waals surface area contributed by atoms with Crippen molar-refractivity contribution in [3.8, 4) is 0 Å². The van der Waals surface area contributed by atoms with E-state index in [4.69, 9.17) is 5.84 Å². The topological polar surface area (TPSA) is 38.0 Å². The van der Waals surface area contributed by atoms with Gasteiger partial charge in [-0.15, -0.1) is 0 Å². The SMILES string of the molecule is CCCCCCC(NN)c1ccccc1C1CCC1. The molecule has 1 saturated carbocycles. The van der Waals surface area contributed by atoms with Crippen molar-refractivity contribution in [1.82, 2.24) is 5.43 Å². The molecule has 1 atom stereocenters. The number of hydrazine groups is 1. The molecule has 1 aromatic rings. The normalized spacial score (nSPS) is 17.2. The van der Waals surface area contributed by atoms with Gasteiger partial charge in [-0.25, -0.2) is 0 Å². The number of unbranched alkanes of at least 4 members (excludes halogenated alkanes) is 3. The molecule has 1 fully saturated rings. The van der Waals surface area contributed by atoms with Gasteiger partial charge in [-0.2, -0.15) is 0 Å². The van der Waals surface area contributed by atoms with Gasteiger partial charge < -0.3 is 0 Å². The summed E-state index contributed by atoms with van der Waals surface area (Å²) in [6.45, 7) is 2.25. The van der Waals surface area contributed by atoms with Crippen LogP contribution in [0, 0.1) is 0 Å². The van der Waals surface area contributed by atoms with Crippen molar-refractivity contribution in [3.63, 3.8) is 0 Å². The fourth-order valence-corrected chi connectivity index (χ4v) is 3.02. The van der Waals surface area contributed by atoms with Gasteiger partial charge in [0.2, 0.25) is 0 Å². The zero-order valence-electron chi connectivity index (χ0n) is 12.2. The van der Waals surface area contributed by atoms with Gasteiger partial charge >= 0.3 is 0 Å². The molecule has 19 heavy (non-hydrogen) atoms. The Morgan fingerprint density at radius 1 is 1.21 bits per heavy atom. The maximum absolute atomic E-state index is 5.80. The van der Waals surface area contributed by atoms with E-state index in [2.05, 4.69) is 36.6 Å². The van der Waals surface area contributed by atoms with Gasteiger partial charge in [-0.05, 0) is 36.3 Å². The van der Waals surface area contributed by atoms with Gasteiger partial charge in [0.1, 0.15) is 0 Å². The highest BCUT2D eigenvalue weighted by Crippen LogP contribution is 2.40. The summed E-state index contributed by atoms with van der Waals surface area (Å²) in [5, 5.41) is 0. The Morgan fingerprint density at radius 2 is 2.00 bits per heavy atom. The van der Waals surface area contributed by atoms with Crippen LogP contribution in [-0.2, 0) is 0 Å². The molecule has 106 valence electrons. The number of benzene rings is 1. The molecule has 0 heterocycles. The summed E-state index contributed by atoms with van der Waals surface area (Å²) in [7, 11) is 0. The molecule has 1 aromatic carbocycles. The highest BCUT2D eigenvalue weighted by molar-refractivity contribution is 5.34. The molecular formula is C17H28N2. The monoisotopic (exact) mass is 260 g/mol. The molecule has 0 aliphatic heterocycles. The Bertz CT molecular complexity index is 371. The molecule has 1 unspecified atom stereocenters. The predicted octanol–water partition coefficient (Wildman–Crippen LogP) is 4.43. The van der Waals surface area contributed by atoms with Gasteiger partial charge in [0, 0.05) is 6.04 Å². The number of nitrogens with two attached hydrogens (primary N) is 1. The Hall–Kier alpha value is -0.860. The van der Waals surface area contributed by atoms with Crippen molar-refractivity contribution in [1.29, 1.82) is 0 Å². The molecule has 0 saturated heterocycles. The fraction of sp³-hybridized carbons (Fsp3) is 0.647. The minimum atomic E-state index is 0.327. The third-order valence-electron chi connectivity index (χ3n) is 4.46. The first kappa shape index (κ1) is 14.5. The second-order valence-corrected chi connectivity index (χ2v) is 5.83. The van der Waals surface area contributed by atoms with Crippen LogP contribution in [0.1, 0.15) is 81.4 Å². The maximum Gasteiger partial charge on any atom is 0.0462 e. The van der Waals surface area contributed by atoms with E-state index < -0.39 is 0 Å². The molecule has 1 aliphatic carbocycles. The summed E-state index contributed by atoms with van der Waals surface area (Å²) >= 11 is 0. The van der Waals surface area contributed by atoms with Crippen molar-refractivity contribution < 1.29 is 0 Å². The molecule has 1 aliphatic rings. The molecule has 0 aromatic heterocycles. The first-order chi connectivity index (χ1) is 9.36. The summed E-state index contributed by atoms with van der Waals surface area (Å²) in [5.41, 5.74) is 6.01. The van der Waals surface area contributed by atoms with Crippen molar-refractivity contribution >= 4 is 0 Å². The standard InChI is InChI=1S/C17H28N2/c1-2-3-4-5-13-17(19-18)16-12-7-6-11-15(16)14-9-8-10-14/h6-7,11-12,14,17,19H,2-5,8-10,13,18H2,1H3. The highest BCUT2D eigenvalue weighted by Gasteiger charge is 2.24. The van der Waals surface area contributed by atoms with Crippen molar-refractivity contribution in [2.45, 2.75) is 70.3 Å². The molecule has 2 nitrogen and oxygen atoms in total. The Morgan fingerprint density at radius 3 is 2.63 bits per heavy atom. The smallest absolute Gasteiger partial charge is 0.0462 e. The molecule has 0 bridgehead atoms. The molecule has 3 N–H and O–H groups in total. The third kappa shape index (κ3) is 3.80. The lowest BCUT2D eigenvalue weighted by molar-refractivity contribution is 0.407. The van der Waals surface area contributed by atoms with E-state index in [0.717, 1.165) is 12.3 Å². The lowest BCUT2D eigenvalue weighted by Gasteiger charge is -2.30. The van der Waals surface area contributed by atoms with E-state index in [1.54, 1.807) is 0 Å². The largest absolute Gasteiger partial charge is 0.271 e. The average Bonchev–Trinajstić information content (AvgIpc) is 2.38. The van der Waals surface area contributed by atoms with Gasteiger partial charge in [0.25, 0.3) is 0 Å². The molecule has 0 spiro atoms. The quantitative estimate of drug-likeness (QED) is 0.412. The minimum absolute atomic E-state index is 0.327. The van der Waals surface area contributed by atoms with Crippen LogP contribution >= 0.6 is 0 Å². The molecule has 0 radical (unpaired) electrons. The number of hydrogen-bond acceptors (Lipinski definition) is 2. The minimum Gasteiger partial charge on any atom is -0.271 e. The Labute approximate surface area is 117 Å². The molecule has 2 heteroatoms. The van der Waals surface area contributed by atoms with E-state index in [-0.39, 0.29) is 0 Å². The highest BCUT2D eigenvalue weighted by atomic mass is 15.2. The first-order valence-corrected chi connectivity index (χ1v) is 7.91. The van der Waals surface area contributed by atoms with Gasteiger partial charge in [-0.1, -0.05) is 63.3 Å². The number of nitrogens with one attached hydrogen (secondary N) is 1. The van der Waals surface area contributed by atoms with Gasteiger partial charge in [-0.3, -0.25) is 11.3 Å². The summed E-state index contributed by atoms with van der Waals surface area (Å²) < 4.78 is 0. The maximum atomic E-state index is 5.80. The van der Waals surface area contributed by atoms with Crippen molar-refractivity contribution in [2.24, 2.45) is 5.84 Å². The second-order valence-electron chi connectivity index (χ2n) is 5.83. The Kier molecular flexibility index (Phi) is 5.87. The zero-order chi connectivity index (χ0) is 13.5. The van der Waals surface area contributed by atoms with Crippen LogP contribution in [0.25, 0.3) is 0 Å². The second kappa shape index (κ2) is 7.66. The van der Waals surface area contributed by atoms with E-state index in [1.807, 2.05) is 0 Å². The van der Waals surface area contributed by atoms with Crippen LogP contribution < -0.4 is 11.3 Å². The summed E-state index contributed by atoms with van der Waals surface area (Å²) in [5.74, 6) is 6.58. The van der Waals surface area contributed by atoms with Crippen molar-refractivity contribution in [2.75, 3.05) is 0 Å². The van der Waals surface area contributed by atoms with E-state index >= 15 is 0 Å². The van der Waals surface area contributed by atoms with Crippen LogP contribution in [0.4, 0.5) is 0 Å². The Balaban J connectivity index is 2.00. The lowest BCUT2D eigenvalue weighted by Crippen LogP contribution is -2.29. The van der Waals surface area contributed by atoms with Gasteiger partial charge in [0.05, 0.1) is 0 Å².